The lowest BCUT2D eigenvalue weighted by Crippen LogP contribution is -2.44. The maximum absolute atomic E-state index is 11.7. The van der Waals surface area contributed by atoms with Crippen molar-refractivity contribution in [2.24, 2.45) is 0 Å². The molecule has 0 saturated heterocycles. The van der Waals surface area contributed by atoms with Crippen molar-refractivity contribution in [2.45, 2.75) is 19.3 Å². The van der Waals surface area contributed by atoms with Gasteiger partial charge < -0.3 is 19.9 Å². The van der Waals surface area contributed by atoms with Gasteiger partial charge in [-0.25, -0.2) is 9.59 Å². The Hall–Kier alpha value is -2.86. The van der Waals surface area contributed by atoms with Gasteiger partial charge in [-0.2, -0.15) is 0 Å². The number of amides is 1. The average molecular weight is 329 g/mol. The Morgan fingerprint density at radius 3 is 2.00 bits per heavy atom. The summed E-state index contributed by atoms with van der Waals surface area (Å²) in [7, 11) is 0. The van der Waals surface area contributed by atoms with Gasteiger partial charge in [0.15, 0.2) is 6.04 Å². The number of carboxylic acids is 1. The van der Waals surface area contributed by atoms with Crippen LogP contribution in [0.15, 0.2) is 60.7 Å². The molecule has 0 aliphatic rings. The molecule has 2 aromatic carbocycles. The second-order valence-electron chi connectivity index (χ2n) is 5.10. The molecule has 1 amide bonds. The van der Waals surface area contributed by atoms with E-state index in [0.717, 1.165) is 11.1 Å². The predicted molar refractivity (Wildman–Crippen MR) is 87.3 cm³/mol. The lowest BCUT2D eigenvalue weighted by molar-refractivity contribution is -0.141. The smallest absolute Gasteiger partial charge is 0.408 e. The van der Waals surface area contributed by atoms with Crippen molar-refractivity contribution in [1.82, 2.24) is 5.32 Å². The summed E-state index contributed by atoms with van der Waals surface area (Å²) in [6, 6.07) is 17.3. The van der Waals surface area contributed by atoms with E-state index in [-0.39, 0.29) is 19.8 Å². The van der Waals surface area contributed by atoms with E-state index in [0.29, 0.717) is 0 Å². The van der Waals surface area contributed by atoms with Gasteiger partial charge in [-0.1, -0.05) is 60.7 Å². The molecule has 0 aromatic heterocycles. The first-order chi connectivity index (χ1) is 11.6. The van der Waals surface area contributed by atoms with Crippen LogP contribution in [0.3, 0.4) is 0 Å². The van der Waals surface area contributed by atoms with E-state index < -0.39 is 18.1 Å². The number of benzene rings is 2. The van der Waals surface area contributed by atoms with E-state index in [1.807, 2.05) is 60.7 Å². The van der Waals surface area contributed by atoms with Gasteiger partial charge >= 0.3 is 12.1 Å². The zero-order valence-corrected chi connectivity index (χ0v) is 13.1. The summed E-state index contributed by atoms with van der Waals surface area (Å²) in [5.41, 5.74) is 1.74. The maximum Gasteiger partial charge on any atom is 0.408 e. The molecule has 0 spiro atoms. The van der Waals surface area contributed by atoms with Crippen molar-refractivity contribution >= 4 is 12.1 Å². The molecule has 0 fully saturated rings. The standard InChI is InChI=1S/C18H19NO5/c20-17(21)16(13-23-11-14-7-3-1-4-8-14)19-18(22)24-12-15-9-5-2-6-10-15/h1-10,16H,11-13H2,(H,19,22)(H,20,21)/t16-/m0/s1. The Morgan fingerprint density at radius 2 is 1.46 bits per heavy atom. The molecule has 0 heterocycles. The van der Waals surface area contributed by atoms with Crippen molar-refractivity contribution in [1.29, 1.82) is 0 Å². The molecule has 126 valence electrons. The normalized spacial score (nSPS) is 11.5. The second kappa shape index (κ2) is 9.32. The molecule has 0 radical (unpaired) electrons. The van der Waals surface area contributed by atoms with Crippen molar-refractivity contribution in [2.75, 3.05) is 6.61 Å². The summed E-state index contributed by atoms with van der Waals surface area (Å²) in [5.74, 6) is -1.18. The van der Waals surface area contributed by atoms with Gasteiger partial charge in [-0.3, -0.25) is 0 Å². The zero-order chi connectivity index (χ0) is 17.2. The van der Waals surface area contributed by atoms with Gasteiger partial charge in [0, 0.05) is 0 Å². The Balaban J connectivity index is 1.75. The first-order valence-corrected chi connectivity index (χ1v) is 7.47. The van der Waals surface area contributed by atoms with Crippen LogP contribution in [-0.4, -0.2) is 29.8 Å². The summed E-state index contributed by atoms with van der Waals surface area (Å²) in [6.07, 6.45) is -0.797. The molecule has 0 bridgehead atoms. The van der Waals surface area contributed by atoms with E-state index in [1.54, 1.807) is 0 Å². The minimum Gasteiger partial charge on any atom is -0.480 e. The third-order valence-corrected chi connectivity index (χ3v) is 3.20. The first kappa shape index (κ1) is 17.5. The number of carboxylic acid groups (broad SMARTS) is 1. The number of alkyl carbamates (subject to hydrolysis) is 1. The molecule has 0 aliphatic heterocycles. The molecular weight excluding hydrogens is 310 g/mol. The highest BCUT2D eigenvalue weighted by molar-refractivity contribution is 5.80. The predicted octanol–water partition coefficient (Wildman–Crippen LogP) is 2.58. The van der Waals surface area contributed by atoms with Crippen LogP contribution in [0.5, 0.6) is 0 Å². The molecule has 1 atom stereocenters. The highest BCUT2D eigenvalue weighted by atomic mass is 16.5. The largest absolute Gasteiger partial charge is 0.480 e. The van der Waals surface area contributed by atoms with Crippen LogP contribution in [0.2, 0.25) is 0 Å². The van der Waals surface area contributed by atoms with E-state index in [1.165, 1.54) is 0 Å². The van der Waals surface area contributed by atoms with E-state index in [2.05, 4.69) is 5.32 Å². The van der Waals surface area contributed by atoms with Gasteiger partial charge in [0.1, 0.15) is 6.61 Å². The lowest BCUT2D eigenvalue weighted by atomic mass is 10.2. The summed E-state index contributed by atoms with van der Waals surface area (Å²) in [4.78, 5) is 22.9. The summed E-state index contributed by atoms with van der Waals surface area (Å²) in [5, 5.41) is 11.4. The third kappa shape index (κ3) is 6.10. The summed E-state index contributed by atoms with van der Waals surface area (Å²) >= 11 is 0. The van der Waals surface area contributed by atoms with Crippen LogP contribution < -0.4 is 5.32 Å². The SMILES string of the molecule is O=C(N[C@@H](COCc1ccccc1)C(=O)O)OCc1ccccc1. The van der Waals surface area contributed by atoms with Crippen molar-refractivity contribution in [3.63, 3.8) is 0 Å². The molecule has 2 N–H and O–H groups in total. The number of hydrogen-bond donors (Lipinski definition) is 2. The van der Waals surface area contributed by atoms with Crippen LogP contribution in [0, 0.1) is 0 Å². The van der Waals surface area contributed by atoms with Crippen LogP contribution in [-0.2, 0) is 27.5 Å². The molecule has 24 heavy (non-hydrogen) atoms. The van der Waals surface area contributed by atoms with Gasteiger partial charge in [-0.15, -0.1) is 0 Å². The summed E-state index contributed by atoms with van der Waals surface area (Å²) < 4.78 is 10.4. The highest BCUT2D eigenvalue weighted by Crippen LogP contribution is 2.03. The Kier molecular flexibility index (Phi) is 6.79. The van der Waals surface area contributed by atoms with E-state index in [9.17, 15) is 9.59 Å². The van der Waals surface area contributed by atoms with E-state index >= 15 is 0 Å². The van der Waals surface area contributed by atoms with Crippen molar-refractivity contribution in [3.8, 4) is 0 Å². The maximum atomic E-state index is 11.7. The molecule has 0 aliphatic carbocycles. The minimum atomic E-state index is -1.18. The van der Waals surface area contributed by atoms with Gasteiger partial charge in [0.2, 0.25) is 0 Å². The molecule has 2 rings (SSSR count). The monoisotopic (exact) mass is 329 g/mol. The van der Waals surface area contributed by atoms with Crippen LogP contribution in [0.4, 0.5) is 4.79 Å². The lowest BCUT2D eigenvalue weighted by Gasteiger charge is -2.15. The van der Waals surface area contributed by atoms with Gasteiger partial charge in [0.05, 0.1) is 13.2 Å². The Bertz CT molecular complexity index is 645. The third-order valence-electron chi connectivity index (χ3n) is 3.20. The number of hydrogen-bond acceptors (Lipinski definition) is 4. The van der Waals surface area contributed by atoms with Crippen molar-refractivity contribution in [3.05, 3.63) is 71.8 Å². The van der Waals surface area contributed by atoms with Crippen LogP contribution in [0.25, 0.3) is 0 Å². The topological polar surface area (TPSA) is 84.9 Å². The molecule has 0 unspecified atom stereocenters. The average Bonchev–Trinajstić information content (AvgIpc) is 2.61. The van der Waals surface area contributed by atoms with E-state index in [4.69, 9.17) is 14.6 Å². The molecular formula is C18H19NO5. The number of carbonyl (C=O) groups excluding carboxylic acids is 1. The molecule has 6 heteroatoms. The quantitative estimate of drug-likeness (QED) is 0.777. The Morgan fingerprint density at radius 1 is 0.917 bits per heavy atom. The zero-order valence-electron chi connectivity index (χ0n) is 13.1. The second-order valence-corrected chi connectivity index (χ2v) is 5.10. The first-order valence-electron chi connectivity index (χ1n) is 7.47. The van der Waals surface area contributed by atoms with Crippen molar-refractivity contribution < 1.29 is 24.2 Å². The molecule has 2 aromatic rings. The number of aliphatic carboxylic acids is 1. The van der Waals surface area contributed by atoms with Crippen LogP contribution in [0.1, 0.15) is 11.1 Å². The Labute approximate surface area is 140 Å². The number of ether oxygens (including phenoxy) is 2. The highest BCUT2D eigenvalue weighted by Gasteiger charge is 2.21. The van der Waals surface area contributed by atoms with Crippen LogP contribution >= 0.6 is 0 Å². The fourth-order valence-electron chi connectivity index (χ4n) is 1.95. The minimum absolute atomic E-state index is 0.0733. The number of rotatable bonds is 8. The number of nitrogens with one attached hydrogen (secondary N) is 1. The fraction of sp³-hybridized carbons (Fsp3) is 0.222. The fourth-order valence-corrected chi connectivity index (χ4v) is 1.95. The molecule has 0 saturated carbocycles. The number of carbonyl (C=O) groups is 2. The van der Waals surface area contributed by atoms with Gasteiger partial charge in [-0.05, 0) is 11.1 Å². The molecule has 6 nitrogen and oxygen atoms in total. The van der Waals surface area contributed by atoms with Gasteiger partial charge in [0.25, 0.3) is 0 Å². The summed E-state index contributed by atoms with van der Waals surface area (Å²) in [6.45, 7) is 0.194.